The summed E-state index contributed by atoms with van der Waals surface area (Å²) in [7, 11) is -7.57. The van der Waals surface area contributed by atoms with Crippen LogP contribution in [0.25, 0.3) is 0 Å². The molecule has 0 bridgehead atoms. The summed E-state index contributed by atoms with van der Waals surface area (Å²) in [6.07, 6.45) is 1.16. The zero-order chi connectivity index (χ0) is 38.1. The van der Waals surface area contributed by atoms with Gasteiger partial charge in [-0.25, -0.2) is 31.1 Å². The number of sulfonamides is 2. The van der Waals surface area contributed by atoms with Gasteiger partial charge in [0.1, 0.15) is 16.3 Å². The Hall–Kier alpha value is -4.89. The number of aliphatic imine (C=N–C) groups is 2. The first kappa shape index (κ1) is 37.9. The molecule has 12 nitrogen and oxygen atoms in total. The van der Waals surface area contributed by atoms with E-state index in [9.17, 15) is 21.6 Å². The molecule has 4 aromatic carbocycles. The molecule has 14 heteroatoms. The minimum absolute atomic E-state index is 0.0276. The highest BCUT2D eigenvalue weighted by molar-refractivity contribution is 7.90. The monoisotopic (exact) mass is 757 g/mol. The lowest BCUT2D eigenvalue weighted by Crippen LogP contribution is -2.47. The Morgan fingerprint density at radius 1 is 0.962 bits per heavy atom. The van der Waals surface area contributed by atoms with Gasteiger partial charge in [-0.15, -0.1) is 0 Å². The van der Waals surface area contributed by atoms with Crippen molar-refractivity contribution in [1.29, 1.82) is 0 Å². The highest BCUT2D eigenvalue weighted by atomic mass is 32.2. The van der Waals surface area contributed by atoms with Crippen LogP contribution in [0, 0.1) is 27.7 Å². The molecule has 2 aliphatic rings. The van der Waals surface area contributed by atoms with Crippen molar-refractivity contribution in [3.8, 4) is 5.75 Å². The molecule has 0 aromatic heterocycles. The number of hydrogen-bond acceptors (Lipinski definition) is 8. The molecule has 1 saturated heterocycles. The number of carbonyl (C=O) groups is 1. The Morgan fingerprint density at radius 2 is 1.70 bits per heavy atom. The van der Waals surface area contributed by atoms with E-state index in [1.165, 1.54) is 6.07 Å². The molecule has 6 rings (SSSR count). The van der Waals surface area contributed by atoms with E-state index in [-0.39, 0.29) is 41.4 Å². The van der Waals surface area contributed by atoms with Crippen molar-refractivity contribution < 1.29 is 26.4 Å². The van der Waals surface area contributed by atoms with E-state index in [0.717, 1.165) is 32.9 Å². The van der Waals surface area contributed by atoms with Gasteiger partial charge in [0.15, 0.2) is 18.1 Å². The first-order chi connectivity index (χ1) is 25.1. The molecule has 2 unspecified atom stereocenters. The van der Waals surface area contributed by atoms with E-state index < -0.39 is 26.0 Å². The van der Waals surface area contributed by atoms with Crippen molar-refractivity contribution in [2.24, 2.45) is 9.98 Å². The van der Waals surface area contributed by atoms with Crippen LogP contribution in [0.1, 0.15) is 35.6 Å². The third kappa shape index (κ3) is 8.05. The number of amides is 1. The normalized spacial score (nSPS) is 19.3. The molecule has 1 amide bonds. The number of hydrogen-bond donors (Lipinski definition) is 2. The molecule has 0 radical (unpaired) electrons. The molecule has 0 saturated carbocycles. The number of benzene rings is 4. The van der Waals surface area contributed by atoms with Gasteiger partial charge in [-0.1, -0.05) is 48.0 Å². The smallest absolute Gasteiger partial charge is 0.278 e. The van der Waals surface area contributed by atoms with Crippen LogP contribution in [0.3, 0.4) is 0 Å². The van der Waals surface area contributed by atoms with Crippen molar-refractivity contribution in [3.05, 3.63) is 107 Å². The molecule has 1 fully saturated rings. The fraction of sp³-hybridized carbons (Fsp3) is 0.308. The zero-order valence-corrected chi connectivity index (χ0v) is 32.4. The maximum atomic E-state index is 14.3. The SMILES string of the molecule is CC[N+]1(c2ccc(N=C(C(=O)Nc3ccccc3C)C3=Nc4ccccc4S(=O)(=O)N3CCCOc3ccc(C)cc3C)c(C)c2)CC1NS(C)(=O)=O. The average Bonchev–Trinajstić information content (AvgIpc) is 3.80. The van der Waals surface area contributed by atoms with E-state index in [1.807, 2.05) is 77.1 Å². The third-order valence-corrected chi connectivity index (χ3v) is 12.1. The molecular weight excluding hydrogens is 713 g/mol. The van der Waals surface area contributed by atoms with Crippen LogP contribution in [0.2, 0.25) is 0 Å². The maximum absolute atomic E-state index is 14.3. The molecule has 4 aromatic rings. The van der Waals surface area contributed by atoms with Crippen LogP contribution in [-0.2, 0) is 24.8 Å². The summed E-state index contributed by atoms with van der Waals surface area (Å²) >= 11 is 0. The lowest BCUT2D eigenvalue weighted by atomic mass is 10.1. The predicted octanol–water partition coefficient (Wildman–Crippen LogP) is 6.05. The number of aryl methyl sites for hydroxylation is 4. The first-order valence-corrected chi connectivity index (χ1v) is 20.8. The summed E-state index contributed by atoms with van der Waals surface area (Å²) in [6, 6.07) is 25.2. The summed E-state index contributed by atoms with van der Waals surface area (Å²) in [6.45, 7) is 11.1. The molecule has 0 spiro atoms. The molecule has 2 heterocycles. The van der Waals surface area contributed by atoms with E-state index in [4.69, 9.17) is 14.7 Å². The average molecular weight is 758 g/mol. The van der Waals surface area contributed by atoms with Crippen LogP contribution >= 0.6 is 0 Å². The van der Waals surface area contributed by atoms with Crippen LogP contribution in [0.15, 0.2) is 99.8 Å². The third-order valence-electron chi connectivity index (χ3n) is 9.61. The minimum Gasteiger partial charge on any atom is -0.493 e. The molecule has 278 valence electrons. The van der Waals surface area contributed by atoms with Crippen molar-refractivity contribution in [1.82, 2.24) is 13.5 Å². The van der Waals surface area contributed by atoms with Gasteiger partial charge >= 0.3 is 0 Å². The Bertz CT molecular complexity index is 2360. The number of rotatable bonds is 13. The van der Waals surface area contributed by atoms with Crippen LogP contribution in [0.5, 0.6) is 5.75 Å². The fourth-order valence-corrected chi connectivity index (χ4v) is 9.00. The Balaban J connectivity index is 1.40. The Kier molecular flexibility index (Phi) is 10.6. The second-order valence-corrected chi connectivity index (χ2v) is 17.2. The maximum Gasteiger partial charge on any atom is 0.278 e. The minimum atomic E-state index is -4.17. The van der Waals surface area contributed by atoms with Gasteiger partial charge in [0.2, 0.25) is 16.2 Å². The number of nitrogens with zero attached hydrogens (tertiary/aromatic N) is 4. The summed E-state index contributed by atoms with van der Waals surface area (Å²) in [5.74, 6) is -0.0264. The number of nitrogens with one attached hydrogen (secondary N) is 2. The van der Waals surface area contributed by atoms with E-state index >= 15 is 0 Å². The fourth-order valence-electron chi connectivity index (χ4n) is 6.64. The van der Waals surface area contributed by atoms with Crippen molar-refractivity contribution >= 4 is 60.3 Å². The van der Waals surface area contributed by atoms with Gasteiger partial charge in [0.25, 0.3) is 15.9 Å². The number of para-hydroxylation sites is 2. The number of amidine groups is 1. The molecule has 2 atom stereocenters. The number of quaternary nitrogens is 1. The summed E-state index contributed by atoms with van der Waals surface area (Å²) in [5, 5.41) is 2.94. The van der Waals surface area contributed by atoms with E-state index in [0.29, 0.717) is 46.7 Å². The summed E-state index contributed by atoms with van der Waals surface area (Å²) in [4.78, 5) is 24.0. The lowest BCUT2D eigenvalue weighted by Gasteiger charge is -2.30. The van der Waals surface area contributed by atoms with Crippen molar-refractivity contribution in [2.75, 3.05) is 37.8 Å². The highest BCUT2D eigenvalue weighted by Gasteiger charge is 2.57. The number of fused-ring (bicyclic) bond motifs is 1. The quantitative estimate of drug-likeness (QED) is 0.0735. The van der Waals surface area contributed by atoms with Crippen molar-refractivity contribution in [3.63, 3.8) is 0 Å². The van der Waals surface area contributed by atoms with E-state index in [1.54, 1.807) is 36.4 Å². The molecule has 0 aliphatic carbocycles. The number of carbonyl (C=O) groups excluding carboxylic acids is 1. The van der Waals surface area contributed by atoms with Crippen LogP contribution in [-0.4, -0.2) is 77.3 Å². The van der Waals surface area contributed by atoms with Crippen LogP contribution < -0.4 is 19.3 Å². The largest absolute Gasteiger partial charge is 0.493 e. The molecule has 2 aliphatic heterocycles. The van der Waals surface area contributed by atoms with Gasteiger partial charge in [-0.3, -0.25) is 9.28 Å². The number of likely N-dealkylation sites (N-methyl/N-ethyl adjacent to an activating group) is 1. The van der Waals surface area contributed by atoms with Gasteiger partial charge < -0.3 is 10.1 Å². The second-order valence-electron chi connectivity index (χ2n) is 13.6. The highest BCUT2D eigenvalue weighted by Crippen LogP contribution is 2.40. The Morgan fingerprint density at radius 3 is 2.40 bits per heavy atom. The first-order valence-electron chi connectivity index (χ1n) is 17.4. The standard InChI is InChI=1S/C39H44N6O6S2/c1-7-45(25-36(45)43-52(6,47)48)30-18-19-32(28(4)24-30)40-37(39(46)42-31-14-9-8-13-27(31)3)38-41-33-15-10-11-16-35(33)53(49,50)44(38)21-12-22-51-34-20-17-26(2)23-29(34)5/h8-11,13-20,23-24,36,43H,7,12,21-22,25H2,1-6H3/p+1. The van der Waals surface area contributed by atoms with Gasteiger partial charge in [0, 0.05) is 30.8 Å². The zero-order valence-electron chi connectivity index (χ0n) is 30.8. The molecule has 2 N–H and O–H groups in total. The lowest BCUT2D eigenvalue weighted by molar-refractivity contribution is -0.110. The van der Waals surface area contributed by atoms with Gasteiger partial charge in [-0.05, 0) is 81.6 Å². The van der Waals surface area contributed by atoms with Crippen LogP contribution in [0.4, 0.5) is 22.7 Å². The molecule has 53 heavy (non-hydrogen) atoms. The van der Waals surface area contributed by atoms with Crippen molar-refractivity contribution in [2.45, 2.75) is 52.1 Å². The second kappa shape index (κ2) is 14.9. The van der Waals surface area contributed by atoms with Gasteiger partial charge in [-0.2, -0.15) is 4.72 Å². The van der Waals surface area contributed by atoms with Gasteiger partial charge in [0.05, 0.1) is 30.8 Å². The van der Waals surface area contributed by atoms with E-state index in [2.05, 4.69) is 10.0 Å². The molecular formula is C39H45N6O6S2+. The topological polar surface area (TPSA) is 147 Å². The summed E-state index contributed by atoms with van der Waals surface area (Å²) in [5.41, 5.74) is 5.52. The number of anilines is 1. The summed E-state index contributed by atoms with van der Waals surface area (Å²) < 4.78 is 63.0. The predicted molar refractivity (Wildman–Crippen MR) is 211 cm³/mol. The number of ether oxygens (including phenoxy) is 1. The Labute approximate surface area is 311 Å².